The third-order valence-corrected chi connectivity index (χ3v) is 3.70. The van der Waals surface area contributed by atoms with E-state index < -0.39 is 0 Å². The van der Waals surface area contributed by atoms with Gasteiger partial charge in [-0.2, -0.15) is 0 Å². The second-order valence-electron chi connectivity index (χ2n) is 4.93. The molecular formula is C16H18Cl2N4O. The van der Waals surface area contributed by atoms with Gasteiger partial charge in [0.05, 0.1) is 0 Å². The summed E-state index contributed by atoms with van der Waals surface area (Å²) in [6, 6.07) is 7.00. The van der Waals surface area contributed by atoms with Gasteiger partial charge in [-0.05, 0) is 36.6 Å². The Kier molecular flexibility index (Phi) is 6.62. The fraction of sp³-hybridized carbons (Fsp3) is 0.312. The largest absolute Gasteiger partial charge is 0.354 e. The molecule has 7 heteroatoms. The van der Waals surface area contributed by atoms with Crippen molar-refractivity contribution < 1.29 is 4.79 Å². The molecule has 0 aliphatic carbocycles. The molecule has 0 unspecified atom stereocenters. The topological polar surface area (TPSA) is 66.9 Å². The maximum atomic E-state index is 11.9. The summed E-state index contributed by atoms with van der Waals surface area (Å²) in [6.07, 6.45) is 3.14. The molecule has 0 aliphatic rings. The molecule has 0 atom stereocenters. The van der Waals surface area contributed by atoms with Crippen LogP contribution in [0, 0.1) is 0 Å². The van der Waals surface area contributed by atoms with E-state index in [0.29, 0.717) is 41.2 Å². The smallest absolute Gasteiger partial charge is 0.270 e. The number of nitrogens with zero attached hydrogens (tertiary/aromatic N) is 2. The van der Waals surface area contributed by atoms with E-state index in [1.54, 1.807) is 24.4 Å². The van der Waals surface area contributed by atoms with Crippen molar-refractivity contribution in [1.82, 2.24) is 15.3 Å². The SMILES string of the molecule is CCCNC(=O)c1ccnc(NCCc2ccc(Cl)cc2Cl)n1. The van der Waals surface area contributed by atoms with Crippen molar-refractivity contribution in [2.24, 2.45) is 0 Å². The van der Waals surface area contributed by atoms with Crippen molar-refractivity contribution >= 4 is 35.1 Å². The zero-order chi connectivity index (χ0) is 16.7. The molecule has 1 aromatic carbocycles. The molecule has 2 rings (SSSR count). The highest BCUT2D eigenvalue weighted by atomic mass is 35.5. The summed E-state index contributed by atoms with van der Waals surface area (Å²) in [7, 11) is 0. The highest BCUT2D eigenvalue weighted by molar-refractivity contribution is 6.35. The summed E-state index contributed by atoms with van der Waals surface area (Å²) < 4.78 is 0. The number of amides is 1. The summed E-state index contributed by atoms with van der Waals surface area (Å²) in [5, 5.41) is 7.12. The normalized spacial score (nSPS) is 10.4. The standard InChI is InChI=1S/C16H18Cl2N4O/c1-2-7-19-15(23)14-6-9-21-16(22-14)20-8-5-11-3-4-12(17)10-13(11)18/h3-4,6,9-10H,2,5,7-8H2,1H3,(H,19,23)(H,20,21,22). The Hall–Kier alpha value is -1.85. The van der Waals surface area contributed by atoms with Crippen LogP contribution in [-0.2, 0) is 6.42 Å². The van der Waals surface area contributed by atoms with Crippen LogP contribution in [0.15, 0.2) is 30.5 Å². The fourth-order valence-corrected chi connectivity index (χ4v) is 2.44. The van der Waals surface area contributed by atoms with Crippen molar-refractivity contribution in [3.8, 4) is 0 Å². The minimum absolute atomic E-state index is 0.196. The summed E-state index contributed by atoms with van der Waals surface area (Å²) >= 11 is 12.0. The number of halogens is 2. The number of aromatic nitrogens is 2. The van der Waals surface area contributed by atoms with E-state index in [1.807, 2.05) is 13.0 Å². The maximum Gasteiger partial charge on any atom is 0.270 e. The van der Waals surface area contributed by atoms with Crippen molar-refractivity contribution in [3.05, 3.63) is 51.8 Å². The molecule has 0 saturated carbocycles. The van der Waals surface area contributed by atoms with Crippen molar-refractivity contribution in [2.45, 2.75) is 19.8 Å². The second kappa shape index (κ2) is 8.70. The average Bonchev–Trinajstić information content (AvgIpc) is 2.55. The van der Waals surface area contributed by atoms with Gasteiger partial charge in [-0.15, -0.1) is 0 Å². The Morgan fingerprint density at radius 3 is 2.78 bits per heavy atom. The van der Waals surface area contributed by atoms with Gasteiger partial charge < -0.3 is 10.6 Å². The van der Waals surface area contributed by atoms with Gasteiger partial charge in [0, 0.05) is 29.3 Å². The van der Waals surface area contributed by atoms with Crippen molar-refractivity contribution in [3.63, 3.8) is 0 Å². The molecule has 2 aromatic rings. The Bertz CT molecular complexity index is 679. The van der Waals surface area contributed by atoms with E-state index in [4.69, 9.17) is 23.2 Å². The van der Waals surface area contributed by atoms with E-state index in [0.717, 1.165) is 12.0 Å². The third kappa shape index (κ3) is 5.37. The van der Waals surface area contributed by atoms with E-state index in [-0.39, 0.29) is 5.91 Å². The van der Waals surface area contributed by atoms with Gasteiger partial charge >= 0.3 is 0 Å². The van der Waals surface area contributed by atoms with Crippen LogP contribution in [0.5, 0.6) is 0 Å². The number of anilines is 1. The summed E-state index contributed by atoms with van der Waals surface area (Å²) in [6.45, 7) is 3.22. The van der Waals surface area contributed by atoms with E-state index in [1.165, 1.54) is 0 Å². The highest BCUT2D eigenvalue weighted by Gasteiger charge is 2.08. The lowest BCUT2D eigenvalue weighted by Crippen LogP contribution is -2.25. The van der Waals surface area contributed by atoms with Crippen LogP contribution < -0.4 is 10.6 Å². The average molecular weight is 353 g/mol. The Labute approximate surface area is 145 Å². The minimum atomic E-state index is -0.196. The van der Waals surface area contributed by atoms with Crippen LogP contribution in [-0.4, -0.2) is 29.0 Å². The van der Waals surface area contributed by atoms with Crippen LogP contribution in [0.2, 0.25) is 10.0 Å². The number of nitrogens with one attached hydrogen (secondary N) is 2. The van der Waals surface area contributed by atoms with E-state index in [2.05, 4.69) is 20.6 Å². The van der Waals surface area contributed by atoms with Gasteiger partial charge in [0.1, 0.15) is 5.69 Å². The van der Waals surface area contributed by atoms with Crippen molar-refractivity contribution in [2.75, 3.05) is 18.4 Å². The molecule has 2 N–H and O–H groups in total. The molecule has 0 aliphatic heterocycles. The molecule has 5 nitrogen and oxygen atoms in total. The quantitative estimate of drug-likeness (QED) is 0.799. The number of hydrogen-bond donors (Lipinski definition) is 2. The predicted molar refractivity (Wildman–Crippen MR) is 93.3 cm³/mol. The van der Waals surface area contributed by atoms with Crippen LogP contribution in [0.1, 0.15) is 29.4 Å². The van der Waals surface area contributed by atoms with Gasteiger partial charge in [0.2, 0.25) is 5.95 Å². The number of carbonyl (C=O) groups is 1. The van der Waals surface area contributed by atoms with E-state index in [9.17, 15) is 4.79 Å². The highest BCUT2D eigenvalue weighted by Crippen LogP contribution is 2.21. The Balaban J connectivity index is 1.92. The molecule has 23 heavy (non-hydrogen) atoms. The molecule has 1 aromatic heterocycles. The van der Waals surface area contributed by atoms with Crippen molar-refractivity contribution in [1.29, 1.82) is 0 Å². The first-order chi connectivity index (χ1) is 11.1. The monoisotopic (exact) mass is 352 g/mol. The maximum absolute atomic E-state index is 11.9. The number of rotatable bonds is 7. The third-order valence-electron chi connectivity index (χ3n) is 3.12. The van der Waals surface area contributed by atoms with Crippen LogP contribution >= 0.6 is 23.2 Å². The number of benzene rings is 1. The molecule has 0 radical (unpaired) electrons. The predicted octanol–water partition coefficient (Wildman–Crippen LogP) is 3.58. The zero-order valence-corrected chi connectivity index (χ0v) is 14.3. The van der Waals surface area contributed by atoms with Gasteiger partial charge in [0.15, 0.2) is 0 Å². The first-order valence-electron chi connectivity index (χ1n) is 7.39. The molecule has 1 heterocycles. The summed E-state index contributed by atoms with van der Waals surface area (Å²) in [4.78, 5) is 20.2. The van der Waals surface area contributed by atoms with Crippen LogP contribution in [0.3, 0.4) is 0 Å². The molecule has 0 bridgehead atoms. The lowest BCUT2D eigenvalue weighted by molar-refractivity contribution is 0.0948. The lowest BCUT2D eigenvalue weighted by Gasteiger charge is -2.08. The Morgan fingerprint density at radius 2 is 2.04 bits per heavy atom. The number of hydrogen-bond acceptors (Lipinski definition) is 4. The first-order valence-corrected chi connectivity index (χ1v) is 8.14. The molecule has 0 saturated heterocycles. The first kappa shape index (κ1) is 17.5. The fourth-order valence-electron chi connectivity index (χ4n) is 1.93. The molecule has 0 fully saturated rings. The van der Waals surface area contributed by atoms with Gasteiger partial charge in [0.25, 0.3) is 5.91 Å². The second-order valence-corrected chi connectivity index (χ2v) is 5.78. The molecule has 0 spiro atoms. The van der Waals surface area contributed by atoms with Gasteiger partial charge in [-0.1, -0.05) is 36.2 Å². The van der Waals surface area contributed by atoms with Crippen LogP contribution in [0.25, 0.3) is 0 Å². The van der Waals surface area contributed by atoms with Gasteiger partial charge in [-0.25, -0.2) is 9.97 Å². The number of carbonyl (C=O) groups excluding carboxylic acids is 1. The Morgan fingerprint density at radius 1 is 1.22 bits per heavy atom. The summed E-state index contributed by atoms with van der Waals surface area (Å²) in [5.41, 5.74) is 1.33. The van der Waals surface area contributed by atoms with Gasteiger partial charge in [-0.3, -0.25) is 4.79 Å². The van der Waals surface area contributed by atoms with Crippen LogP contribution in [0.4, 0.5) is 5.95 Å². The molecule has 1 amide bonds. The zero-order valence-electron chi connectivity index (χ0n) is 12.8. The molecular weight excluding hydrogens is 335 g/mol. The lowest BCUT2D eigenvalue weighted by atomic mass is 10.1. The molecule has 122 valence electrons. The summed E-state index contributed by atoms with van der Waals surface area (Å²) in [5.74, 6) is 0.220. The minimum Gasteiger partial charge on any atom is -0.354 e. The van der Waals surface area contributed by atoms with E-state index >= 15 is 0 Å².